The van der Waals surface area contributed by atoms with Gasteiger partial charge in [-0.1, -0.05) is 36.4 Å². The van der Waals surface area contributed by atoms with E-state index in [1.165, 1.54) is 5.56 Å². The van der Waals surface area contributed by atoms with Crippen LogP contribution in [0.1, 0.15) is 29.5 Å². The molecule has 1 aliphatic rings. The number of carbonyl (C=O) groups excluding carboxylic acids is 1. The van der Waals surface area contributed by atoms with Crippen molar-refractivity contribution in [2.24, 2.45) is 7.05 Å². The third-order valence-electron chi connectivity index (χ3n) is 5.04. The second-order valence-corrected chi connectivity index (χ2v) is 6.94. The Hall–Kier alpha value is -3.28. The quantitative estimate of drug-likeness (QED) is 0.749. The van der Waals surface area contributed by atoms with Gasteiger partial charge in [0.1, 0.15) is 5.75 Å². The summed E-state index contributed by atoms with van der Waals surface area (Å²) in [6.07, 6.45) is 3.90. The van der Waals surface area contributed by atoms with E-state index in [9.17, 15) is 4.79 Å². The van der Waals surface area contributed by atoms with Crippen molar-refractivity contribution in [3.8, 4) is 5.75 Å². The first-order valence-electron chi connectivity index (χ1n) is 9.49. The van der Waals surface area contributed by atoms with Crippen LogP contribution in [0.15, 0.2) is 60.9 Å². The number of amides is 2. The average molecular weight is 376 g/mol. The zero-order valence-corrected chi connectivity index (χ0v) is 16.1. The lowest BCUT2D eigenvalue weighted by atomic mass is 9.86. The van der Waals surface area contributed by atoms with E-state index >= 15 is 0 Å². The number of hydrogen-bond donors (Lipinski definition) is 1. The predicted octanol–water partition coefficient (Wildman–Crippen LogP) is 4.00. The van der Waals surface area contributed by atoms with Gasteiger partial charge < -0.3 is 15.0 Å². The first-order valence-corrected chi connectivity index (χ1v) is 9.49. The molecule has 0 fully saturated rings. The molecule has 0 aliphatic carbocycles. The maximum Gasteiger partial charge on any atom is 0.322 e. The summed E-state index contributed by atoms with van der Waals surface area (Å²) >= 11 is 0. The second-order valence-electron chi connectivity index (χ2n) is 6.94. The van der Waals surface area contributed by atoms with Gasteiger partial charge >= 0.3 is 6.03 Å². The Morgan fingerprint density at radius 1 is 1.21 bits per heavy atom. The van der Waals surface area contributed by atoms with E-state index in [0.717, 1.165) is 11.1 Å². The lowest BCUT2D eigenvalue weighted by Gasteiger charge is -2.34. The van der Waals surface area contributed by atoms with Gasteiger partial charge in [-0.3, -0.25) is 4.68 Å². The van der Waals surface area contributed by atoms with Crippen molar-refractivity contribution in [1.29, 1.82) is 0 Å². The third kappa shape index (κ3) is 3.58. The molecule has 1 N–H and O–H groups in total. The van der Waals surface area contributed by atoms with Crippen LogP contribution in [0.2, 0.25) is 0 Å². The van der Waals surface area contributed by atoms with Crippen LogP contribution >= 0.6 is 0 Å². The molecule has 0 radical (unpaired) electrons. The smallest absolute Gasteiger partial charge is 0.322 e. The standard InChI is InChI=1S/C22H24N4O2/c1-3-28-21-11-7-6-10-20(21)24-22(27)26-14-16-8-4-5-9-18(16)19(15-26)17-12-23-25(2)13-17/h4-13,19H,3,14-15H2,1-2H3,(H,24,27). The van der Waals surface area contributed by atoms with E-state index in [2.05, 4.69) is 28.6 Å². The number of anilines is 1. The number of urea groups is 1. The van der Waals surface area contributed by atoms with Gasteiger partial charge in [0.2, 0.25) is 0 Å². The molecule has 4 rings (SSSR count). The van der Waals surface area contributed by atoms with E-state index in [1.807, 2.05) is 61.6 Å². The van der Waals surface area contributed by atoms with Crippen LogP contribution < -0.4 is 10.1 Å². The molecule has 0 saturated heterocycles. The Bertz CT molecular complexity index is 982. The Morgan fingerprint density at radius 3 is 2.79 bits per heavy atom. The van der Waals surface area contributed by atoms with Crippen molar-refractivity contribution in [2.45, 2.75) is 19.4 Å². The molecular formula is C22H24N4O2. The topological polar surface area (TPSA) is 59.4 Å². The van der Waals surface area contributed by atoms with Gasteiger partial charge in [-0.2, -0.15) is 5.10 Å². The zero-order chi connectivity index (χ0) is 19.5. The molecule has 2 amide bonds. The molecule has 6 heteroatoms. The van der Waals surface area contributed by atoms with Gasteiger partial charge in [0, 0.05) is 32.3 Å². The maximum atomic E-state index is 13.1. The molecule has 0 bridgehead atoms. The number of aryl methyl sites for hydroxylation is 1. The molecule has 0 saturated carbocycles. The van der Waals surface area contributed by atoms with Crippen molar-refractivity contribution < 1.29 is 9.53 Å². The molecule has 144 valence electrons. The van der Waals surface area contributed by atoms with Gasteiger partial charge in [-0.05, 0) is 35.7 Å². The summed E-state index contributed by atoms with van der Waals surface area (Å²) in [4.78, 5) is 14.9. The lowest BCUT2D eigenvalue weighted by Crippen LogP contribution is -2.41. The molecule has 3 aromatic rings. The van der Waals surface area contributed by atoms with Gasteiger partial charge in [0.25, 0.3) is 0 Å². The fraction of sp³-hybridized carbons (Fsp3) is 0.273. The number of hydrogen-bond acceptors (Lipinski definition) is 3. The summed E-state index contributed by atoms with van der Waals surface area (Å²) in [5.74, 6) is 0.783. The fourth-order valence-electron chi connectivity index (χ4n) is 3.71. The van der Waals surface area contributed by atoms with Crippen LogP contribution in [0.3, 0.4) is 0 Å². The van der Waals surface area contributed by atoms with Gasteiger partial charge in [-0.25, -0.2) is 4.79 Å². The maximum absolute atomic E-state index is 13.1. The number of rotatable bonds is 4. The first kappa shape index (κ1) is 18.1. The summed E-state index contributed by atoms with van der Waals surface area (Å²) < 4.78 is 7.43. The molecule has 0 spiro atoms. The minimum Gasteiger partial charge on any atom is -0.492 e. The van der Waals surface area contributed by atoms with Crippen molar-refractivity contribution in [3.63, 3.8) is 0 Å². The van der Waals surface area contributed by atoms with Crippen molar-refractivity contribution >= 4 is 11.7 Å². The second kappa shape index (κ2) is 7.76. The summed E-state index contributed by atoms with van der Waals surface area (Å²) in [7, 11) is 1.91. The normalized spacial score (nSPS) is 15.8. The summed E-state index contributed by atoms with van der Waals surface area (Å²) in [5.41, 5.74) is 4.22. The number of ether oxygens (including phenoxy) is 1. The number of fused-ring (bicyclic) bond motifs is 1. The van der Waals surface area contributed by atoms with Crippen LogP contribution in [0, 0.1) is 0 Å². The SMILES string of the molecule is CCOc1ccccc1NC(=O)N1Cc2ccccc2C(c2cnn(C)c2)C1. The van der Waals surface area contributed by atoms with Crippen LogP contribution in [0.4, 0.5) is 10.5 Å². The van der Waals surface area contributed by atoms with Gasteiger partial charge in [-0.15, -0.1) is 0 Å². The minimum atomic E-state index is -0.129. The van der Waals surface area contributed by atoms with E-state index in [0.29, 0.717) is 31.1 Å². The minimum absolute atomic E-state index is 0.103. The summed E-state index contributed by atoms with van der Waals surface area (Å²) in [5, 5.41) is 7.33. The van der Waals surface area contributed by atoms with Gasteiger partial charge in [0.15, 0.2) is 0 Å². The Kier molecular flexibility index (Phi) is 5.02. The van der Waals surface area contributed by atoms with E-state index < -0.39 is 0 Å². The number of para-hydroxylation sites is 2. The largest absolute Gasteiger partial charge is 0.492 e. The molecule has 1 aromatic heterocycles. The highest BCUT2D eigenvalue weighted by Crippen LogP contribution is 2.34. The molecule has 6 nitrogen and oxygen atoms in total. The van der Waals surface area contributed by atoms with Crippen molar-refractivity contribution in [1.82, 2.24) is 14.7 Å². The van der Waals surface area contributed by atoms with Gasteiger partial charge in [0.05, 0.1) is 18.5 Å². The molecule has 28 heavy (non-hydrogen) atoms. The highest BCUT2D eigenvalue weighted by Gasteiger charge is 2.30. The first-order chi connectivity index (χ1) is 13.7. The number of aromatic nitrogens is 2. The highest BCUT2D eigenvalue weighted by atomic mass is 16.5. The van der Waals surface area contributed by atoms with Crippen molar-refractivity contribution in [2.75, 3.05) is 18.5 Å². The van der Waals surface area contributed by atoms with Crippen LogP contribution in [-0.4, -0.2) is 33.9 Å². The third-order valence-corrected chi connectivity index (χ3v) is 5.04. The summed E-state index contributed by atoms with van der Waals surface area (Å²) in [6, 6.07) is 15.7. The van der Waals surface area contributed by atoms with Crippen LogP contribution in [0.25, 0.3) is 0 Å². The van der Waals surface area contributed by atoms with Crippen LogP contribution in [-0.2, 0) is 13.6 Å². The monoisotopic (exact) mass is 376 g/mol. The predicted molar refractivity (Wildman–Crippen MR) is 109 cm³/mol. The Labute approximate surface area is 164 Å². The molecule has 1 aliphatic heterocycles. The number of carbonyl (C=O) groups is 1. The molecular weight excluding hydrogens is 352 g/mol. The molecule has 2 heterocycles. The van der Waals surface area contributed by atoms with Crippen LogP contribution in [0.5, 0.6) is 5.75 Å². The molecule has 2 aromatic carbocycles. The Balaban J connectivity index is 1.60. The van der Waals surface area contributed by atoms with E-state index in [4.69, 9.17) is 4.74 Å². The molecule has 1 atom stereocenters. The molecule has 1 unspecified atom stereocenters. The lowest BCUT2D eigenvalue weighted by molar-refractivity contribution is 0.202. The van der Waals surface area contributed by atoms with Crippen molar-refractivity contribution in [3.05, 3.63) is 77.6 Å². The highest BCUT2D eigenvalue weighted by molar-refractivity contribution is 5.91. The average Bonchev–Trinajstić information content (AvgIpc) is 3.15. The fourth-order valence-corrected chi connectivity index (χ4v) is 3.71. The number of nitrogens with one attached hydrogen (secondary N) is 1. The zero-order valence-electron chi connectivity index (χ0n) is 16.1. The van der Waals surface area contributed by atoms with E-state index in [1.54, 1.807) is 4.68 Å². The number of nitrogens with zero attached hydrogens (tertiary/aromatic N) is 3. The Morgan fingerprint density at radius 2 is 2.00 bits per heavy atom. The summed E-state index contributed by atoms with van der Waals surface area (Å²) in [6.45, 7) is 3.66. The van der Waals surface area contributed by atoms with E-state index in [-0.39, 0.29) is 11.9 Å². The number of benzene rings is 2.